The van der Waals surface area contributed by atoms with Gasteiger partial charge in [0.1, 0.15) is 0 Å². The zero-order valence-corrected chi connectivity index (χ0v) is 17.8. The summed E-state index contributed by atoms with van der Waals surface area (Å²) in [6.07, 6.45) is -8.04. The molecule has 2 nitrogen and oxygen atoms in total. The van der Waals surface area contributed by atoms with E-state index in [1.807, 2.05) is 30.3 Å². The highest BCUT2D eigenvalue weighted by Gasteiger charge is 2.44. The van der Waals surface area contributed by atoms with Gasteiger partial charge >= 0.3 is 12.4 Å². The molecule has 176 valence electrons. The summed E-state index contributed by atoms with van der Waals surface area (Å²) >= 11 is 0. The van der Waals surface area contributed by atoms with Crippen LogP contribution < -0.4 is 5.32 Å². The van der Waals surface area contributed by atoms with Gasteiger partial charge in [0.2, 0.25) is 0 Å². The van der Waals surface area contributed by atoms with Crippen molar-refractivity contribution in [2.24, 2.45) is 0 Å². The second-order valence-electron chi connectivity index (χ2n) is 8.54. The largest absolute Gasteiger partial charge is 0.416 e. The summed E-state index contributed by atoms with van der Waals surface area (Å²) < 4.78 is 80.4. The van der Waals surface area contributed by atoms with Gasteiger partial charge in [0.25, 0.3) is 0 Å². The smallest absolute Gasteiger partial charge is 0.385 e. The molecule has 1 aliphatic heterocycles. The Kier molecular flexibility index (Phi) is 6.96. The van der Waals surface area contributed by atoms with Gasteiger partial charge < -0.3 is 10.4 Å². The Bertz CT molecular complexity index is 903. The van der Waals surface area contributed by atoms with Crippen molar-refractivity contribution < 1.29 is 31.4 Å². The van der Waals surface area contributed by atoms with Gasteiger partial charge in [0.15, 0.2) is 0 Å². The van der Waals surface area contributed by atoms with Crippen LogP contribution in [-0.2, 0) is 23.4 Å². The second kappa shape index (κ2) is 9.06. The zero-order chi connectivity index (χ0) is 23.6. The van der Waals surface area contributed by atoms with Crippen LogP contribution in [0.25, 0.3) is 0 Å². The van der Waals surface area contributed by atoms with Crippen LogP contribution in [0.2, 0.25) is 0 Å². The molecule has 0 saturated carbocycles. The molecule has 0 aliphatic carbocycles. The van der Waals surface area contributed by atoms with Crippen molar-refractivity contribution in [1.29, 1.82) is 0 Å². The highest BCUT2D eigenvalue weighted by molar-refractivity contribution is 5.39. The molecular weight excluding hydrogens is 432 g/mol. The van der Waals surface area contributed by atoms with Crippen LogP contribution in [0.1, 0.15) is 61.3 Å². The topological polar surface area (TPSA) is 32.3 Å². The molecule has 2 aromatic carbocycles. The predicted octanol–water partition coefficient (Wildman–Crippen LogP) is 6.42. The summed E-state index contributed by atoms with van der Waals surface area (Å²) in [6, 6.07) is 11.2. The monoisotopic (exact) mass is 459 g/mol. The first-order valence-corrected chi connectivity index (χ1v) is 10.7. The molecular formula is C24H27F6NO. The Balaban J connectivity index is 1.99. The van der Waals surface area contributed by atoms with Gasteiger partial charge in [-0.15, -0.1) is 0 Å². The lowest BCUT2D eigenvalue weighted by molar-refractivity contribution is -0.145. The maximum Gasteiger partial charge on any atom is 0.416 e. The quantitative estimate of drug-likeness (QED) is 0.489. The van der Waals surface area contributed by atoms with E-state index in [0.717, 1.165) is 37.6 Å². The van der Waals surface area contributed by atoms with Gasteiger partial charge in [0, 0.05) is 0 Å². The predicted molar refractivity (Wildman–Crippen MR) is 110 cm³/mol. The first kappa shape index (κ1) is 24.6. The SMILES string of the molecule is CCC(O)(CCC1(c2ccccc2)CCNCC1)c1ccc(C(F)(F)F)cc1C(F)(F)F. The average molecular weight is 459 g/mol. The standard InChI is InChI=1S/C24H27F6NO/c1-2-22(32,19-9-8-18(23(25,26)27)16-20(19)24(28,29)30)11-10-21(12-14-31-15-13-21)17-6-4-3-5-7-17/h3-9,16,31-32H,2,10-15H2,1H3. The van der Waals surface area contributed by atoms with Gasteiger partial charge in [-0.1, -0.05) is 43.3 Å². The van der Waals surface area contributed by atoms with Gasteiger partial charge in [-0.2, -0.15) is 26.3 Å². The van der Waals surface area contributed by atoms with Crippen LogP contribution in [0.5, 0.6) is 0 Å². The molecule has 2 N–H and O–H groups in total. The number of alkyl halides is 6. The molecule has 3 rings (SSSR count). The molecule has 1 heterocycles. The van der Waals surface area contributed by atoms with Gasteiger partial charge in [-0.05, 0) is 73.9 Å². The van der Waals surface area contributed by atoms with E-state index in [4.69, 9.17) is 0 Å². The first-order chi connectivity index (χ1) is 14.9. The van der Waals surface area contributed by atoms with Crippen molar-refractivity contribution in [1.82, 2.24) is 5.32 Å². The Morgan fingerprint density at radius 1 is 0.875 bits per heavy atom. The van der Waals surface area contributed by atoms with Crippen molar-refractivity contribution in [3.8, 4) is 0 Å². The molecule has 1 aliphatic rings. The fourth-order valence-electron chi connectivity index (χ4n) is 4.69. The minimum atomic E-state index is -5.02. The molecule has 0 aromatic heterocycles. The zero-order valence-electron chi connectivity index (χ0n) is 17.8. The van der Waals surface area contributed by atoms with Crippen LogP contribution in [0, 0.1) is 0 Å². The molecule has 2 aromatic rings. The third-order valence-corrected chi connectivity index (χ3v) is 6.70. The van der Waals surface area contributed by atoms with Crippen molar-refractivity contribution in [3.63, 3.8) is 0 Å². The van der Waals surface area contributed by atoms with Gasteiger partial charge in [-0.25, -0.2) is 0 Å². The minimum Gasteiger partial charge on any atom is -0.385 e. The van der Waals surface area contributed by atoms with E-state index < -0.39 is 34.6 Å². The first-order valence-electron chi connectivity index (χ1n) is 10.7. The van der Waals surface area contributed by atoms with Crippen molar-refractivity contribution >= 4 is 0 Å². The maximum absolute atomic E-state index is 13.7. The van der Waals surface area contributed by atoms with Crippen molar-refractivity contribution in [2.75, 3.05) is 13.1 Å². The summed E-state index contributed by atoms with van der Waals surface area (Å²) in [6.45, 7) is 3.04. The highest BCUT2D eigenvalue weighted by Crippen LogP contribution is 2.46. The summed E-state index contributed by atoms with van der Waals surface area (Å²) in [4.78, 5) is 0. The number of nitrogens with one attached hydrogen (secondary N) is 1. The lowest BCUT2D eigenvalue weighted by Gasteiger charge is -2.41. The lowest BCUT2D eigenvalue weighted by atomic mass is 9.67. The third-order valence-electron chi connectivity index (χ3n) is 6.70. The fourth-order valence-corrected chi connectivity index (χ4v) is 4.69. The molecule has 32 heavy (non-hydrogen) atoms. The van der Waals surface area contributed by atoms with E-state index in [2.05, 4.69) is 5.32 Å². The Hall–Kier alpha value is -2.06. The number of benzene rings is 2. The number of hydrogen-bond acceptors (Lipinski definition) is 2. The molecule has 0 amide bonds. The number of hydrogen-bond donors (Lipinski definition) is 2. The van der Waals surface area contributed by atoms with Crippen molar-refractivity contribution in [3.05, 3.63) is 70.8 Å². The minimum absolute atomic E-state index is 0.00678. The number of aliphatic hydroxyl groups is 1. The van der Waals surface area contributed by atoms with E-state index in [1.165, 1.54) is 0 Å². The van der Waals surface area contributed by atoms with Crippen LogP contribution >= 0.6 is 0 Å². The Labute approximate surface area is 183 Å². The normalized spacial score (nSPS) is 18.9. The molecule has 8 heteroatoms. The van der Waals surface area contributed by atoms with Crippen LogP contribution in [-0.4, -0.2) is 18.2 Å². The lowest BCUT2D eigenvalue weighted by Crippen LogP contribution is -2.41. The van der Waals surface area contributed by atoms with E-state index in [9.17, 15) is 31.4 Å². The van der Waals surface area contributed by atoms with Crippen LogP contribution in [0.3, 0.4) is 0 Å². The second-order valence-corrected chi connectivity index (χ2v) is 8.54. The molecule has 1 fully saturated rings. The van der Waals surface area contributed by atoms with Crippen molar-refractivity contribution in [2.45, 2.75) is 62.4 Å². The van der Waals surface area contributed by atoms with Crippen LogP contribution in [0.4, 0.5) is 26.3 Å². The third kappa shape index (κ3) is 5.12. The Morgan fingerprint density at radius 3 is 2.03 bits per heavy atom. The fraction of sp³-hybridized carbons (Fsp3) is 0.500. The summed E-state index contributed by atoms with van der Waals surface area (Å²) in [5.74, 6) is 0. The summed E-state index contributed by atoms with van der Waals surface area (Å²) in [5.41, 5.74) is -4.48. The Morgan fingerprint density at radius 2 is 1.50 bits per heavy atom. The molecule has 0 radical (unpaired) electrons. The van der Waals surface area contributed by atoms with E-state index in [1.54, 1.807) is 6.92 Å². The van der Waals surface area contributed by atoms with Crippen LogP contribution in [0.15, 0.2) is 48.5 Å². The van der Waals surface area contributed by atoms with E-state index >= 15 is 0 Å². The number of piperidine rings is 1. The number of rotatable bonds is 6. The van der Waals surface area contributed by atoms with E-state index in [-0.39, 0.29) is 24.3 Å². The van der Waals surface area contributed by atoms with Gasteiger partial charge in [0.05, 0.1) is 16.7 Å². The average Bonchev–Trinajstić information content (AvgIpc) is 2.77. The van der Waals surface area contributed by atoms with E-state index in [0.29, 0.717) is 12.5 Å². The van der Waals surface area contributed by atoms with Gasteiger partial charge in [-0.3, -0.25) is 0 Å². The molecule has 1 unspecified atom stereocenters. The molecule has 1 saturated heterocycles. The molecule has 0 bridgehead atoms. The summed E-state index contributed by atoms with van der Waals surface area (Å²) in [5, 5.41) is 14.6. The maximum atomic E-state index is 13.7. The summed E-state index contributed by atoms with van der Waals surface area (Å²) in [7, 11) is 0. The molecule has 0 spiro atoms. The highest BCUT2D eigenvalue weighted by atomic mass is 19.4. The molecule has 1 atom stereocenters. The number of halogens is 6.